The Bertz CT molecular complexity index is 770. The van der Waals surface area contributed by atoms with Crippen LogP contribution in [0.5, 0.6) is 0 Å². The summed E-state index contributed by atoms with van der Waals surface area (Å²) in [6, 6.07) is 5.17. The molecule has 0 aliphatic heterocycles. The van der Waals surface area contributed by atoms with E-state index in [4.69, 9.17) is 20.9 Å². The van der Waals surface area contributed by atoms with Crippen molar-refractivity contribution in [2.24, 2.45) is 0 Å². The Morgan fingerprint density at radius 3 is 2.75 bits per heavy atom. The lowest BCUT2D eigenvalue weighted by Crippen LogP contribution is -2.30. The number of nitrogens with zero attached hydrogens (tertiary/aromatic N) is 1. The van der Waals surface area contributed by atoms with Crippen LogP contribution in [-0.2, 0) is 16.0 Å². The minimum Gasteiger partial charge on any atom is -0.449 e. The molecule has 1 amide bonds. The molecule has 1 aromatic heterocycles. The van der Waals surface area contributed by atoms with E-state index < -0.39 is 18.0 Å². The molecule has 128 valence electrons. The van der Waals surface area contributed by atoms with Crippen molar-refractivity contribution < 1.29 is 18.8 Å². The number of carbonyl (C=O) groups is 2. The molecule has 0 fully saturated rings. The summed E-state index contributed by atoms with van der Waals surface area (Å²) in [6.07, 6.45) is -0.445. The summed E-state index contributed by atoms with van der Waals surface area (Å²) in [5.41, 5.74) is 2.21. The van der Waals surface area contributed by atoms with Crippen molar-refractivity contribution in [3.63, 3.8) is 0 Å². The third-order valence-corrected chi connectivity index (χ3v) is 3.82. The van der Waals surface area contributed by atoms with Crippen LogP contribution in [-0.4, -0.2) is 23.1 Å². The Balaban J connectivity index is 2.07. The second kappa shape index (κ2) is 7.49. The van der Waals surface area contributed by atoms with E-state index in [0.717, 1.165) is 5.56 Å². The van der Waals surface area contributed by atoms with Crippen molar-refractivity contribution in [2.75, 3.05) is 5.32 Å². The van der Waals surface area contributed by atoms with Crippen LogP contribution < -0.4 is 5.32 Å². The van der Waals surface area contributed by atoms with Gasteiger partial charge in [0.05, 0.1) is 5.69 Å². The Morgan fingerprint density at radius 1 is 1.38 bits per heavy atom. The zero-order valence-corrected chi connectivity index (χ0v) is 14.7. The molecular formula is C17H19ClN2O4. The molecule has 0 aliphatic carbocycles. The smallest absolute Gasteiger partial charge is 0.344 e. The summed E-state index contributed by atoms with van der Waals surface area (Å²) < 4.78 is 10.2. The summed E-state index contributed by atoms with van der Waals surface area (Å²) in [4.78, 5) is 24.5. The second-order valence-corrected chi connectivity index (χ2v) is 5.85. The summed E-state index contributed by atoms with van der Waals surface area (Å²) in [5.74, 6) is -0.702. The van der Waals surface area contributed by atoms with Gasteiger partial charge in [-0.05, 0) is 44.9 Å². The van der Waals surface area contributed by atoms with Crippen molar-refractivity contribution in [2.45, 2.75) is 40.2 Å². The van der Waals surface area contributed by atoms with Gasteiger partial charge in [0.25, 0.3) is 5.91 Å². The molecule has 2 aromatic rings. The number of aryl methyl sites for hydroxylation is 3. The highest BCUT2D eigenvalue weighted by Crippen LogP contribution is 2.21. The van der Waals surface area contributed by atoms with E-state index in [1.54, 1.807) is 25.1 Å². The zero-order valence-electron chi connectivity index (χ0n) is 14.0. The van der Waals surface area contributed by atoms with E-state index in [0.29, 0.717) is 28.6 Å². The molecule has 0 saturated carbocycles. The number of rotatable bonds is 5. The van der Waals surface area contributed by atoms with Gasteiger partial charge in [-0.3, -0.25) is 4.79 Å². The van der Waals surface area contributed by atoms with Crippen molar-refractivity contribution >= 4 is 29.2 Å². The molecule has 2 rings (SSSR count). The fourth-order valence-corrected chi connectivity index (χ4v) is 2.33. The molecule has 0 spiro atoms. The van der Waals surface area contributed by atoms with Crippen LogP contribution >= 0.6 is 11.6 Å². The van der Waals surface area contributed by atoms with Gasteiger partial charge in [-0.1, -0.05) is 29.7 Å². The van der Waals surface area contributed by atoms with Crippen LogP contribution in [0.3, 0.4) is 0 Å². The number of hydrogen-bond donors (Lipinski definition) is 1. The average Bonchev–Trinajstić information content (AvgIpc) is 2.91. The van der Waals surface area contributed by atoms with E-state index in [9.17, 15) is 9.59 Å². The third-order valence-electron chi connectivity index (χ3n) is 3.58. The lowest BCUT2D eigenvalue weighted by molar-refractivity contribution is -0.123. The number of hydrogen-bond acceptors (Lipinski definition) is 5. The van der Waals surface area contributed by atoms with Crippen LogP contribution in [0.2, 0.25) is 5.02 Å². The number of benzene rings is 1. The van der Waals surface area contributed by atoms with E-state index >= 15 is 0 Å². The topological polar surface area (TPSA) is 81.4 Å². The van der Waals surface area contributed by atoms with Gasteiger partial charge in [0.1, 0.15) is 11.3 Å². The normalized spacial score (nSPS) is 11.9. The zero-order chi connectivity index (χ0) is 17.9. The maximum absolute atomic E-state index is 12.3. The molecule has 24 heavy (non-hydrogen) atoms. The number of halogens is 1. The van der Waals surface area contributed by atoms with E-state index in [1.165, 1.54) is 6.92 Å². The molecule has 1 aromatic carbocycles. The highest BCUT2D eigenvalue weighted by atomic mass is 35.5. The number of esters is 1. The summed E-state index contributed by atoms with van der Waals surface area (Å²) in [6.45, 7) is 6.83. The maximum Gasteiger partial charge on any atom is 0.344 e. The quantitative estimate of drug-likeness (QED) is 0.831. The Morgan fingerprint density at radius 2 is 2.08 bits per heavy atom. The first-order valence-corrected chi connectivity index (χ1v) is 7.94. The van der Waals surface area contributed by atoms with Gasteiger partial charge in [-0.15, -0.1) is 0 Å². The molecule has 1 heterocycles. The third kappa shape index (κ3) is 3.94. The van der Waals surface area contributed by atoms with Crippen LogP contribution in [0.4, 0.5) is 5.69 Å². The molecular weight excluding hydrogens is 332 g/mol. The molecule has 0 radical (unpaired) electrons. The standard InChI is InChI=1S/C17H19ClN2O4/c1-5-13-15(10(3)24-20-13)17(22)23-11(4)16(21)19-14-8-12(18)7-6-9(14)2/h6-8,11H,5H2,1-4H3,(H,19,21)/t11-/m0/s1. The predicted molar refractivity (Wildman–Crippen MR) is 90.3 cm³/mol. The van der Waals surface area contributed by atoms with Crippen LogP contribution in [0, 0.1) is 13.8 Å². The highest BCUT2D eigenvalue weighted by Gasteiger charge is 2.25. The molecule has 0 unspecified atom stereocenters. The molecule has 1 N–H and O–H groups in total. The Kier molecular flexibility index (Phi) is 5.62. The summed E-state index contributed by atoms with van der Waals surface area (Å²) >= 11 is 5.93. The monoisotopic (exact) mass is 350 g/mol. The SMILES string of the molecule is CCc1noc(C)c1C(=O)O[C@@H](C)C(=O)Nc1cc(Cl)ccc1C. The van der Waals surface area contributed by atoms with Gasteiger partial charge in [0, 0.05) is 10.7 Å². The minimum absolute atomic E-state index is 0.274. The Labute approximate surface area is 145 Å². The van der Waals surface area contributed by atoms with Crippen molar-refractivity contribution in [3.8, 4) is 0 Å². The first-order chi connectivity index (χ1) is 11.3. The summed E-state index contributed by atoms with van der Waals surface area (Å²) in [5, 5.41) is 7.02. The van der Waals surface area contributed by atoms with Gasteiger partial charge in [-0.2, -0.15) is 0 Å². The van der Waals surface area contributed by atoms with Gasteiger partial charge in [0.2, 0.25) is 0 Å². The van der Waals surface area contributed by atoms with E-state index in [2.05, 4.69) is 10.5 Å². The van der Waals surface area contributed by atoms with Crippen molar-refractivity contribution in [1.82, 2.24) is 5.16 Å². The van der Waals surface area contributed by atoms with Crippen LogP contribution in [0.15, 0.2) is 22.7 Å². The van der Waals surface area contributed by atoms with Gasteiger partial charge >= 0.3 is 5.97 Å². The molecule has 0 aliphatic rings. The van der Waals surface area contributed by atoms with Crippen molar-refractivity contribution in [1.29, 1.82) is 0 Å². The van der Waals surface area contributed by atoms with Gasteiger partial charge < -0.3 is 14.6 Å². The fourth-order valence-electron chi connectivity index (χ4n) is 2.16. The molecule has 1 atom stereocenters. The van der Waals surface area contributed by atoms with Gasteiger partial charge in [0.15, 0.2) is 6.10 Å². The molecule has 7 heteroatoms. The minimum atomic E-state index is -0.977. The number of anilines is 1. The first kappa shape index (κ1) is 18.0. The Hall–Kier alpha value is -2.34. The number of aromatic nitrogens is 1. The van der Waals surface area contributed by atoms with E-state index in [-0.39, 0.29) is 5.56 Å². The second-order valence-electron chi connectivity index (χ2n) is 5.41. The van der Waals surface area contributed by atoms with Crippen LogP contribution in [0.1, 0.15) is 41.2 Å². The first-order valence-electron chi connectivity index (χ1n) is 7.56. The predicted octanol–water partition coefficient (Wildman–Crippen LogP) is 3.69. The molecule has 0 saturated heterocycles. The number of ether oxygens (including phenoxy) is 1. The maximum atomic E-state index is 12.3. The summed E-state index contributed by atoms with van der Waals surface area (Å²) in [7, 11) is 0. The lowest BCUT2D eigenvalue weighted by Gasteiger charge is -2.15. The molecule has 6 nitrogen and oxygen atoms in total. The van der Waals surface area contributed by atoms with Gasteiger partial charge in [-0.25, -0.2) is 4.79 Å². The number of amides is 1. The average molecular weight is 351 g/mol. The number of carbonyl (C=O) groups excluding carboxylic acids is 2. The molecule has 0 bridgehead atoms. The van der Waals surface area contributed by atoms with Crippen molar-refractivity contribution in [3.05, 3.63) is 45.8 Å². The fraction of sp³-hybridized carbons (Fsp3) is 0.353. The lowest BCUT2D eigenvalue weighted by atomic mass is 10.1. The highest BCUT2D eigenvalue weighted by molar-refractivity contribution is 6.31. The number of nitrogens with one attached hydrogen (secondary N) is 1. The largest absolute Gasteiger partial charge is 0.449 e. The van der Waals surface area contributed by atoms with Crippen LogP contribution in [0.25, 0.3) is 0 Å². The van der Waals surface area contributed by atoms with E-state index in [1.807, 2.05) is 13.8 Å².